The Bertz CT molecular complexity index is 465. The maximum absolute atomic E-state index is 4.95. The fourth-order valence-corrected chi connectivity index (χ4v) is 2.30. The highest BCUT2D eigenvalue weighted by atomic mass is 15.2. The van der Waals surface area contributed by atoms with Gasteiger partial charge in [-0.2, -0.15) is 10.2 Å². The second-order valence-corrected chi connectivity index (χ2v) is 7.11. The summed E-state index contributed by atoms with van der Waals surface area (Å²) < 4.78 is 0. The molecule has 0 saturated heterocycles. The van der Waals surface area contributed by atoms with Crippen molar-refractivity contribution in [1.82, 2.24) is 0 Å². The van der Waals surface area contributed by atoms with Crippen LogP contribution in [0.2, 0.25) is 0 Å². The molecule has 0 saturated carbocycles. The standard InChI is InChI=1S/C15H23N3/c1-14(2,3)10-9-12-11(7-8-16-18-12)17-13(10)15(4,5)6/h8-9,11H,7H2,1-6H3. The van der Waals surface area contributed by atoms with Crippen molar-refractivity contribution >= 4 is 17.6 Å². The first-order chi connectivity index (χ1) is 8.19. The van der Waals surface area contributed by atoms with Crippen molar-refractivity contribution in [1.29, 1.82) is 0 Å². The molecule has 1 unspecified atom stereocenters. The highest BCUT2D eigenvalue weighted by Crippen LogP contribution is 2.36. The SMILES string of the molecule is CC(C)(C)C1=CC2=NN=CCC2N=C1C(C)(C)C. The van der Waals surface area contributed by atoms with Crippen LogP contribution in [0.15, 0.2) is 26.8 Å². The van der Waals surface area contributed by atoms with Gasteiger partial charge < -0.3 is 0 Å². The zero-order chi connectivity index (χ0) is 13.6. The number of fused-ring (bicyclic) bond motifs is 1. The van der Waals surface area contributed by atoms with Crippen molar-refractivity contribution in [3.05, 3.63) is 11.6 Å². The summed E-state index contributed by atoms with van der Waals surface area (Å²) in [6.45, 7) is 13.4. The molecule has 2 aliphatic rings. The largest absolute Gasteiger partial charge is 0.279 e. The van der Waals surface area contributed by atoms with Crippen LogP contribution in [0.1, 0.15) is 48.0 Å². The van der Waals surface area contributed by atoms with Gasteiger partial charge in [-0.25, -0.2) is 0 Å². The van der Waals surface area contributed by atoms with Crippen LogP contribution >= 0.6 is 0 Å². The summed E-state index contributed by atoms with van der Waals surface area (Å²) in [7, 11) is 0. The van der Waals surface area contributed by atoms with E-state index < -0.39 is 0 Å². The van der Waals surface area contributed by atoms with E-state index in [1.165, 1.54) is 11.3 Å². The normalized spacial score (nSPS) is 24.1. The van der Waals surface area contributed by atoms with Gasteiger partial charge in [0, 0.05) is 23.8 Å². The molecule has 2 heterocycles. The van der Waals surface area contributed by atoms with E-state index in [9.17, 15) is 0 Å². The predicted octanol–water partition coefficient (Wildman–Crippen LogP) is 3.66. The second-order valence-electron chi connectivity index (χ2n) is 7.11. The summed E-state index contributed by atoms with van der Waals surface area (Å²) in [5, 5.41) is 8.25. The number of rotatable bonds is 0. The molecule has 0 N–H and O–H groups in total. The smallest absolute Gasteiger partial charge is 0.0991 e. The molecule has 3 heteroatoms. The van der Waals surface area contributed by atoms with Crippen LogP contribution in [-0.2, 0) is 0 Å². The Morgan fingerprint density at radius 2 is 1.72 bits per heavy atom. The molecular formula is C15H23N3. The molecule has 0 aromatic heterocycles. The van der Waals surface area contributed by atoms with Crippen LogP contribution in [-0.4, -0.2) is 23.7 Å². The lowest BCUT2D eigenvalue weighted by Gasteiger charge is -2.36. The summed E-state index contributed by atoms with van der Waals surface area (Å²) in [5.74, 6) is 0. The van der Waals surface area contributed by atoms with Crippen molar-refractivity contribution in [2.45, 2.75) is 54.0 Å². The molecule has 0 fully saturated rings. The Morgan fingerprint density at radius 1 is 1.06 bits per heavy atom. The van der Waals surface area contributed by atoms with Gasteiger partial charge in [0.15, 0.2) is 0 Å². The van der Waals surface area contributed by atoms with Crippen LogP contribution in [0, 0.1) is 10.8 Å². The van der Waals surface area contributed by atoms with Crippen molar-refractivity contribution in [2.75, 3.05) is 0 Å². The van der Waals surface area contributed by atoms with Gasteiger partial charge in [-0.3, -0.25) is 4.99 Å². The number of hydrogen-bond acceptors (Lipinski definition) is 3. The summed E-state index contributed by atoms with van der Waals surface area (Å²) in [6.07, 6.45) is 4.93. The number of nitrogens with zero attached hydrogens (tertiary/aromatic N) is 3. The second kappa shape index (κ2) is 4.15. The van der Waals surface area contributed by atoms with E-state index >= 15 is 0 Å². The zero-order valence-electron chi connectivity index (χ0n) is 12.3. The van der Waals surface area contributed by atoms with E-state index in [0.29, 0.717) is 0 Å². The number of aliphatic imine (C=N–C) groups is 1. The maximum atomic E-state index is 4.95. The molecule has 0 aromatic rings. The van der Waals surface area contributed by atoms with E-state index in [0.717, 1.165) is 12.1 Å². The number of dihydropyridines is 1. The van der Waals surface area contributed by atoms with Crippen molar-refractivity contribution in [3.8, 4) is 0 Å². The molecule has 2 rings (SSSR count). The van der Waals surface area contributed by atoms with Gasteiger partial charge in [-0.15, -0.1) is 0 Å². The van der Waals surface area contributed by atoms with Crippen molar-refractivity contribution in [3.63, 3.8) is 0 Å². The highest BCUT2D eigenvalue weighted by Gasteiger charge is 2.35. The van der Waals surface area contributed by atoms with Gasteiger partial charge in [-0.1, -0.05) is 41.5 Å². The monoisotopic (exact) mass is 245 g/mol. The van der Waals surface area contributed by atoms with E-state index in [4.69, 9.17) is 4.99 Å². The van der Waals surface area contributed by atoms with Crippen molar-refractivity contribution < 1.29 is 0 Å². The van der Waals surface area contributed by atoms with Gasteiger partial charge in [0.1, 0.15) is 0 Å². The molecular weight excluding hydrogens is 222 g/mol. The van der Waals surface area contributed by atoms with Crippen LogP contribution in [0.5, 0.6) is 0 Å². The molecule has 0 radical (unpaired) electrons. The van der Waals surface area contributed by atoms with E-state index in [-0.39, 0.29) is 16.9 Å². The topological polar surface area (TPSA) is 37.1 Å². The lowest BCUT2D eigenvalue weighted by atomic mass is 9.72. The summed E-state index contributed by atoms with van der Waals surface area (Å²) in [5.41, 5.74) is 3.67. The minimum atomic E-state index is 0.0687. The maximum Gasteiger partial charge on any atom is 0.0991 e. The van der Waals surface area contributed by atoms with Gasteiger partial charge in [0.25, 0.3) is 0 Å². The van der Waals surface area contributed by atoms with Gasteiger partial charge in [0.05, 0.1) is 11.8 Å². The summed E-state index contributed by atoms with van der Waals surface area (Å²) >= 11 is 0. The third-order valence-electron chi connectivity index (χ3n) is 3.28. The third kappa shape index (κ3) is 2.45. The number of hydrogen-bond donors (Lipinski definition) is 0. The van der Waals surface area contributed by atoms with E-state index in [1.54, 1.807) is 0 Å². The first-order valence-corrected chi connectivity index (χ1v) is 6.60. The van der Waals surface area contributed by atoms with E-state index in [1.807, 2.05) is 6.21 Å². The minimum Gasteiger partial charge on any atom is -0.279 e. The Balaban J connectivity index is 2.52. The van der Waals surface area contributed by atoms with Crippen LogP contribution in [0.3, 0.4) is 0 Å². The minimum absolute atomic E-state index is 0.0687. The van der Waals surface area contributed by atoms with Crippen LogP contribution in [0.25, 0.3) is 0 Å². The van der Waals surface area contributed by atoms with Crippen LogP contribution < -0.4 is 0 Å². The molecule has 0 aromatic carbocycles. The lowest BCUT2D eigenvalue weighted by Crippen LogP contribution is -2.37. The number of allylic oxidation sites excluding steroid dienone is 1. The zero-order valence-corrected chi connectivity index (χ0v) is 12.3. The van der Waals surface area contributed by atoms with Crippen molar-refractivity contribution in [2.24, 2.45) is 26.0 Å². The van der Waals surface area contributed by atoms with Gasteiger partial charge in [-0.05, 0) is 17.1 Å². The van der Waals surface area contributed by atoms with Gasteiger partial charge in [0.2, 0.25) is 0 Å². The Morgan fingerprint density at radius 3 is 2.28 bits per heavy atom. The quantitative estimate of drug-likeness (QED) is 0.624. The predicted molar refractivity (Wildman–Crippen MR) is 78.8 cm³/mol. The third-order valence-corrected chi connectivity index (χ3v) is 3.28. The molecule has 1 atom stereocenters. The molecule has 0 bridgehead atoms. The summed E-state index contributed by atoms with van der Waals surface area (Å²) in [6, 6.07) is 0.169. The molecule has 2 aliphatic heterocycles. The summed E-state index contributed by atoms with van der Waals surface area (Å²) in [4.78, 5) is 4.95. The molecule has 3 nitrogen and oxygen atoms in total. The highest BCUT2D eigenvalue weighted by molar-refractivity contribution is 6.16. The Kier molecular flexibility index (Phi) is 3.04. The molecule has 0 spiro atoms. The van der Waals surface area contributed by atoms with Crippen LogP contribution in [0.4, 0.5) is 0 Å². The Hall–Kier alpha value is -1.25. The van der Waals surface area contributed by atoms with Gasteiger partial charge >= 0.3 is 0 Å². The first kappa shape index (κ1) is 13.2. The van der Waals surface area contributed by atoms with E-state index in [2.05, 4.69) is 57.8 Å². The fraction of sp³-hybridized carbons (Fsp3) is 0.667. The average molecular weight is 245 g/mol. The fourth-order valence-electron chi connectivity index (χ4n) is 2.30. The molecule has 18 heavy (non-hydrogen) atoms. The molecule has 98 valence electrons. The molecule has 0 amide bonds. The Labute approximate surface area is 110 Å². The first-order valence-electron chi connectivity index (χ1n) is 6.60. The lowest BCUT2D eigenvalue weighted by molar-refractivity contribution is 0.497. The average Bonchev–Trinajstić information content (AvgIpc) is 2.25. The molecule has 0 aliphatic carbocycles.